The van der Waals surface area contributed by atoms with Gasteiger partial charge >= 0.3 is 0 Å². The number of nitrogens with one attached hydrogen (secondary N) is 1. The lowest BCUT2D eigenvalue weighted by Gasteiger charge is -2.31. The van der Waals surface area contributed by atoms with Crippen LogP contribution in [0.2, 0.25) is 0 Å². The second kappa shape index (κ2) is 6.61. The Balaban J connectivity index is 1.41. The summed E-state index contributed by atoms with van der Waals surface area (Å²) in [7, 11) is 0. The van der Waals surface area contributed by atoms with E-state index in [9.17, 15) is 4.79 Å². The number of carbonyl (C=O) groups is 1. The number of amides is 1. The molecule has 9 heteroatoms. The zero-order chi connectivity index (χ0) is 14.5. The number of aromatic nitrogens is 5. The highest BCUT2D eigenvalue weighted by Crippen LogP contribution is 2.20. The fraction of sp³-hybridized carbons (Fsp3) is 0.583. The number of hydrogen-bond acceptors (Lipinski definition) is 7. The van der Waals surface area contributed by atoms with E-state index in [1.165, 1.54) is 11.5 Å². The summed E-state index contributed by atoms with van der Waals surface area (Å²) < 4.78 is 9.36. The number of rotatable bonds is 5. The standard InChI is InChI=1S/C12H16N6O2S/c19-12(8-20-11-3-6-21-15-11)18-4-1-9(2-5-18)7-10-13-16-17-14-10/h3,6,9H,1-2,4-5,7-8H2,(H,13,14,16,17). The van der Waals surface area contributed by atoms with E-state index >= 15 is 0 Å². The maximum Gasteiger partial charge on any atom is 0.260 e. The lowest BCUT2D eigenvalue weighted by molar-refractivity contribution is -0.134. The lowest BCUT2D eigenvalue weighted by Crippen LogP contribution is -2.41. The molecule has 2 aromatic heterocycles. The van der Waals surface area contributed by atoms with Gasteiger partial charge in [0, 0.05) is 31.0 Å². The molecular weight excluding hydrogens is 292 g/mol. The largest absolute Gasteiger partial charge is 0.467 e. The predicted molar refractivity (Wildman–Crippen MR) is 74.8 cm³/mol. The van der Waals surface area contributed by atoms with Gasteiger partial charge in [-0.25, -0.2) is 0 Å². The summed E-state index contributed by atoms with van der Waals surface area (Å²) >= 11 is 1.31. The van der Waals surface area contributed by atoms with E-state index in [0.717, 1.165) is 38.2 Å². The van der Waals surface area contributed by atoms with Crippen molar-refractivity contribution in [3.05, 3.63) is 17.3 Å². The van der Waals surface area contributed by atoms with Crippen molar-refractivity contribution in [1.29, 1.82) is 0 Å². The number of H-pyrrole nitrogens is 1. The maximum absolute atomic E-state index is 12.1. The first-order valence-corrected chi connectivity index (χ1v) is 7.68. The number of piperidine rings is 1. The van der Waals surface area contributed by atoms with Crippen molar-refractivity contribution in [2.24, 2.45) is 5.92 Å². The van der Waals surface area contributed by atoms with Crippen molar-refractivity contribution in [3.8, 4) is 5.88 Å². The Morgan fingerprint density at radius 1 is 1.48 bits per heavy atom. The maximum atomic E-state index is 12.1. The van der Waals surface area contributed by atoms with Gasteiger partial charge in [0.15, 0.2) is 12.4 Å². The Labute approximate surface area is 125 Å². The second-order valence-corrected chi connectivity index (χ2v) is 5.65. The van der Waals surface area contributed by atoms with Gasteiger partial charge < -0.3 is 9.64 Å². The average molecular weight is 308 g/mol. The van der Waals surface area contributed by atoms with E-state index in [2.05, 4.69) is 25.0 Å². The zero-order valence-electron chi connectivity index (χ0n) is 11.4. The second-order valence-electron chi connectivity index (χ2n) is 4.98. The summed E-state index contributed by atoms with van der Waals surface area (Å²) in [5.41, 5.74) is 0. The molecule has 0 spiro atoms. The van der Waals surface area contributed by atoms with Gasteiger partial charge in [0.2, 0.25) is 5.88 Å². The number of hydrogen-bond donors (Lipinski definition) is 1. The molecule has 1 N–H and O–H groups in total. The average Bonchev–Trinajstić information content (AvgIpc) is 3.19. The first kappa shape index (κ1) is 13.9. The third-order valence-corrected chi connectivity index (χ3v) is 4.13. The molecule has 21 heavy (non-hydrogen) atoms. The molecule has 0 saturated carbocycles. The van der Waals surface area contributed by atoms with Gasteiger partial charge in [0.25, 0.3) is 5.91 Å². The molecule has 1 fully saturated rings. The van der Waals surface area contributed by atoms with Crippen LogP contribution in [0.25, 0.3) is 0 Å². The molecule has 2 aromatic rings. The number of carbonyl (C=O) groups excluding carboxylic acids is 1. The van der Waals surface area contributed by atoms with Crippen LogP contribution in [0.3, 0.4) is 0 Å². The molecule has 1 amide bonds. The van der Waals surface area contributed by atoms with Crippen LogP contribution in [0.4, 0.5) is 0 Å². The molecule has 8 nitrogen and oxygen atoms in total. The highest BCUT2D eigenvalue weighted by Gasteiger charge is 2.24. The lowest BCUT2D eigenvalue weighted by atomic mass is 9.93. The molecule has 1 aliphatic heterocycles. The Kier molecular flexibility index (Phi) is 4.39. The summed E-state index contributed by atoms with van der Waals surface area (Å²) in [4.78, 5) is 13.9. The fourth-order valence-corrected chi connectivity index (χ4v) is 2.87. The van der Waals surface area contributed by atoms with Crippen molar-refractivity contribution < 1.29 is 9.53 Å². The van der Waals surface area contributed by atoms with Crippen LogP contribution >= 0.6 is 11.5 Å². The Morgan fingerprint density at radius 2 is 2.33 bits per heavy atom. The van der Waals surface area contributed by atoms with Crippen LogP contribution in [0.15, 0.2) is 11.4 Å². The highest BCUT2D eigenvalue weighted by atomic mass is 32.1. The third kappa shape index (κ3) is 3.75. The summed E-state index contributed by atoms with van der Waals surface area (Å²) in [5.74, 6) is 1.78. The van der Waals surface area contributed by atoms with Crippen LogP contribution < -0.4 is 4.74 Å². The Bertz CT molecular complexity index is 550. The van der Waals surface area contributed by atoms with Gasteiger partial charge in [-0.15, -0.1) is 10.2 Å². The molecular formula is C12H16N6O2S. The summed E-state index contributed by atoms with van der Waals surface area (Å²) in [6.45, 7) is 1.56. The molecule has 0 aliphatic carbocycles. The summed E-state index contributed by atoms with van der Waals surface area (Å²) in [5, 5.41) is 15.8. The van der Waals surface area contributed by atoms with E-state index in [1.54, 1.807) is 6.07 Å². The van der Waals surface area contributed by atoms with E-state index < -0.39 is 0 Å². The van der Waals surface area contributed by atoms with Crippen molar-refractivity contribution in [2.75, 3.05) is 19.7 Å². The molecule has 3 heterocycles. The first-order chi connectivity index (χ1) is 10.3. The SMILES string of the molecule is O=C(COc1ccsn1)N1CCC(Cc2nn[nH]n2)CC1. The molecule has 0 aromatic carbocycles. The number of aromatic amines is 1. The van der Waals surface area contributed by atoms with E-state index in [0.29, 0.717) is 11.8 Å². The van der Waals surface area contributed by atoms with Gasteiger partial charge in [0.1, 0.15) is 0 Å². The summed E-state index contributed by atoms with van der Waals surface area (Å²) in [6, 6.07) is 1.76. The smallest absolute Gasteiger partial charge is 0.260 e. The molecule has 112 valence electrons. The van der Waals surface area contributed by atoms with Crippen molar-refractivity contribution in [3.63, 3.8) is 0 Å². The first-order valence-electron chi connectivity index (χ1n) is 6.84. The zero-order valence-corrected chi connectivity index (χ0v) is 12.3. The van der Waals surface area contributed by atoms with E-state index in [4.69, 9.17) is 4.74 Å². The molecule has 0 bridgehead atoms. The normalized spacial score (nSPS) is 16.1. The van der Waals surface area contributed by atoms with Crippen molar-refractivity contribution in [1.82, 2.24) is 29.9 Å². The number of ether oxygens (including phenoxy) is 1. The number of tetrazole rings is 1. The van der Waals surface area contributed by atoms with Gasteiger partial charge in [-0.1, -0.05) is 5.21 Å². The minimum Gasteiger partial charge on any atom is -0.467 e. The monoisotopic (exact) mass is 308 g/mol. The Hall–Kier alpha value is -2.03. The van der Waals surface area contributed by atoms with E-state index in [-0.39, 0.29) is 12.5 Å². The predicted octanol–water partition coefficient (Wildman–Crippen LogP) is 0.516. The van der Waals surface area contributed by atoms with Crippen LogP contribution in [0, 0.1) is 5.92 Å². The van der Waals surface area contributed by atoms with Gasteiger partial charge in [-0.3, -0.25) is 4.79 Å². The molecule has 0 unspecified atom stereocenters. The molecule has 0 radical (unpaired) electrons. The van der Waals surface area contributed by atoms with Crippen LogP contribution in [-0.2, 0) is 11.2 Å². The van der Waals surface area contributed by atoms with Crippen LogP contribution in [0.5, 0.6) is 5.88 Å². The van der Waals surface area contributed by atoms with Crippen molar-refractivity contribution in [2.45, 2.75) is 19.3 Å². The van der Waals surface area contributed by atoms with Crippen molar-refractivity contribution >= 4 is 17.4 Å². The molecule has 1 saturated heterocycles. The molecule has 3 rings (SSSR count). The van der Waals surface area contributed by atoms with Crippen LogP contribution in [0.1, 0.15) is 18.7 Å². The van der Waals surface area contributed by atoms with Gasteiger partial charge in [-0.05, 0) is 30.3 Å². The molecule has 0 atom stereocenters. The van der Waals surface area contributed by atoms with Gasteiger partial charge in [-0.2, -0.15) is 9.59 Å². The molecule has 1 aliphatic rings. The fourth-order valence-electron chi connectivity index (χ4n) is 2.42. The number of likely N-dealkylation sites (tertiary alicyclic amines) is 1. The summed E-state index contributed by atoms with van der Waals surface area (Å²) in [6.07, 6.45) is 2.72. The Morgan fingerprint density at radius 3 is 3.00 bits per heavy atom. The quantitative estimate of drug-likeness (QED) is 0.864. The van der Waals surface area contributed by atoms with Gasteiger partial charge in [0.05, 0.1) is 0 Å². The van der Waals surface area contributed by atoms with E-state index in [1.807, 2.05) is 10.3 Å². The topological polar surface area (TPSA) is 96.9 Å². The minimum atomic E-state index is 0.0148. The number of nitrogens with zero attached hydrogens (tertiary/aromatic N) is 5. The minimum absolute atomic E-state index is 0.0148. The van der Waals surface area contributed by atoms with Crippen LogP contribution in [-0.4, -0.2) is 55.5 Å². The highest BCUT2D eigenvalue weighted by molar-refractivity contribution is 7.03. The third-order valence-electron chi connectivity index (χ3n) is 3.59.